The predicted molar refractivity (Wildman–Crippen MR) is 105 cm³/mol. The molecule has 0 saturated heterocycles. The molecule has 0 unspecified atom stereocenters. The Labute approximate surface area is 155 Å². The highest BCUT2D eigenvalue weighted by Gasteiger charge is 2.24. The molecule has 0 spiro atoms. The molecule has 0 atom stereocenters. The van der Waals surface area contributed by atoms with Crippen molar-refractivity contribution >= 4 is 33.0 Å². The van der Waals surface area contributed by atoms with Crippen LogP contribution in [0.3, 0.4) is 0 Å². The molecular formula is C20H19N3O2S. The molecule has 0 saturated carbocycles. The van der Waals surface area contributed by atoms with Gasteiger partial charge in [0.1, 0.15) is 10.7 Å². The SMILES string of the molecule is Cc1nc2sc(C(=O)N3CC=C(c4ccccc4)CC3)c(C)c2c(=O)[nH]1. The Morgan fingerprint density at radius 1 is 1.23 bits per heavy atom. The Kier molecular flexibility index (Phi) is 4.20. The van der Waals surface area contributed by atoms with Gasteiger partial charge in [-0.3, -0.25) is 9.59 Å². The Morgan fingerprint density at radius 2 is 2.00 bits per heavy atom. The number of amides is 1. The summed E-state index contributed by atoms with van der Waals surface area (Å²) in [4.78, 5) is 35.4. The molecule has 1 N–H and O–H groups in total. The summed E-state index contributed by atoms with van der Waals surface area (Å²) in [5.41, 5.74) is 3.03. The van der Waals surface area contributed by atoms with Gasteiger partial charge in [-0.05, 0) is 37.0 Å². The molecule has 6 heteroatoms. The van der Waals surface area contributed by atoms with Gasteiger partial charge in [-0.15, -0.1) is 11.3 Å². The Bertz CT molecular complexity index is 1080. The van der Waals surface area contributed by atoms with Crippen LogP contribution in [0.25, 0.3) is 15.8 Å². The second-order valence-corrected chi connectivity index (χ2v) is 7.48. The number of aromatic nitrogens is 2. The van der Waals surface area contributed by atoms with Crippen LogP contribution in [0.5, 0.6) is 0 Å². The van der Waals surface area contributed by atoms with E-state index in [0.717, 1.165) is 12.0 Å². The maximum absolute atomic E-state index is 13.0. The van der Waals surface area contributed by atoms with E-state index in [-0.39, 0.29) is 11.5 Å². The molecule has 1 aromatic carbocycles. The van der Waals surface area contributed by atoms with E-state index >= 15 is 0 Å². The Balaban J connectivity index is 1.62. The van der Waals surface area contributed by atoms with Crippen molar-refractivity contribution in [2.24, 2.45) is 0 Å². The number of hydrogen-bond acceptors (Lipinski definition) is 4. The van der Waals surface area contributed by atoms with Crippen LogP contribution in [0, 0.1) is 13.8 Å². The van der Waals surface area contributed by atoms with Crippen molar-refractivity contribution in [1.82, 2.24) is 14.9 Å². The Hall–Kier alpha value is -2.73. The average molecular weight is 365 g/mol. The maximum Gasteiger partial charge on any atom is 0.264 e. The molecular weight excluding hydrogens is 346 g/mol. The van der Waals surface area contributed by atoms with E-state index in [2.05, 4.69) is 28.2 Å². The quantitative estimate of drug-likeness (QED) is 0.755. The molecule has 3 heterocycles. The van der Waals surface area contributed by atoms with E-state index in [1.807, 2.05) is 30.0 Å². The number of rotatable bonds is 2. The number of carbonyl (C=O) groups excluding carboxylic acids is 1. The third kappa shape index (κ3) is 2.86. The summed E-state index contributed by atoms with van der Waals surface area (Å²) >= 11 is 1.31. The van der Waals surface area contributed by atoms with Crippen molar-refractivity contribution in [3.05, 3.63) is 68.6 Å². The largest absolute Gasteiger partial charge is 0.334 e. The summed E-state index contributed by atoms with van der Waals surface area (Å²) in [5.74, 6) is 0.544. The molecule has 5 nitrogen and oxygen atoms in total. The van der Waals surface area contributed by atoms with Crippen molar-refractivity contribution in [2.75, 3.05) is 13.1 Å². The zero-order valence-electron chi connectivity index (χ0n) is 14.7. The third-order valence-electron chi connectivity index (χ3n) is 4.75. The minimum Gasteiger partial charge on any atom is -0.334 e. The van der Waals surface area contributed by atoms with Gasteiger partial charge < -0.3 is 9.88 Å². The lowest BCUT2D eigenvalue weighted by atomic mass is 9.99. The standard InChI is InChI=1S/C20H19N3O2S/c1-12-16-18(24)21-13(2)22-19(16)26-17(12)20(25)23-10-8-15(9-11-23)14-6-4-3-5-7-14/h3-8H,9-11H2,1-2H3,(H,21,22,24). The first-order valence-corrected chi connectivity index (χ1v) is 9.40. The minimum absolute atomic E-state index is 0.0223. The van der Waals surface area contributed by atoms with Crippen LogP contribution in [-0.2, 0) is 0 Å². The molecule has 1 aliphatic heterocycles. The van der Waals surface area contributed by atoms with E-state index in [4.69, 9.17) is 0 Å². The summed E-state index contributed by atoms with van der Waals surface area (Å²) < 4.78 is 0. The lowest BCUT2D eigenvalue weighted by Gasteiger charge is -2.26. The van der Waals surface area contributed by atoms with Crippen LogP contribution >= 0.6 is 11.3 Å². The highest BCUT2D eigenvalue weighted by Crippen LogP contribution is 2.30. The van der Waals surface area contributed by atoms with Crippen molar-refractivity contribution in [1.29, 1.82) is 0 Å². The fourth-order valence-corrected chi connectivity index (χ4v) is 4.56. The average Bonchev–Trinajstić information content (AvgIpc) is 2.98. The number of hydrogen-bond donors (Lipinski definition) is 1. The van der Waals surface area contributed by atoms with Crippen molar-refractivity contribution in [3.63, 3.8) is 0 Å². The lowest BCUT2D eigenvalue weighted by molar-refractivity contribution is 0.0777. The summed E-state index contributed by atoms with van der Waals surface area (Å²) in [7, 11) is 0. The summed E-state index contributed by atoms with van der Waals surface area (Å²) in [6.07, 6.45) is 2.95. The number of nitrogens with one attached hydrogen (secondary N) is 1. The third-order valence-corrected chi connectivity index (χ3v) is 5.93. The summed E-state index contributed by atoms with van der Waals surface area (Å²) in [6.45, 7) is 4.83. The molecule has 132 valence electrons. The molecule has 0 bridgehead atoms. The van der Waals surface area contributed by atoms with Gasteiger partial charge >= 0.3 is 0 Å². The number of carbonyl (C=O) groups is 1. The number of aryl methyl sites for hydroxylation is 2. The van der Waals surface area contributed by atoms with E-state index in [1.54, 1.807) is 6.92 Å². The highest BCUT2D eigenvalue weighted by atomic mass is 32.1. The van der Waals surface area contributed by atoms with Crippen LogP contribution in [0.2, 0.25) is 0 Å². The summed E-state index contributed by atoms with van der Waals surface area (Å²) in [5, 5.41) is 0.529. The first-order chi connectivity index (χ1) is 12.5. The minimum atomic E-state index is -0.176. The number of thiophene rings is 1. The Morgan fingerprint density at radius 3 is 2.69 bits per heavy atom. The van der Waals surface area contributed by atoms with Crippen LogP contribution in [0.15, 0.2) is 41.2 Å². The molecule has 26 heavy (non-hydrogen) atoms. The fourth-order valence-electron chi connectivity index (χ4n) is 3.37. The van der Waals surface area contributed by atoms with Gasteiger partial charge in [0.25, 0.3) is 11.5 Å². The summed E-state index contributed by atoms with van der Waals surface area (Å²) in [6, 6.07) is 10.3. The van der Waals surface area contributed by atoms with Gasteiger partial charge in [-0.1, -0.05) is 36.4 Å². The van der Waals surface area contributed by atoms with Crippen LogP contribution in [0.4, 0.5) is 0 Å². The number of aromatic amines is 1. The van der Waals surface area contributed by atoms with E-state index in [0.29, 0.717) is 34.0 Å². The lowest BCUT2D eigenvalue weighted by Crippen LogP contribution is -2.34. The molecule has 4 rings (SSSR count). The molecule has 0 fully saturated rings. The fraction of sp³-hybridized carbons (Fsp3) is 0.250. The number of H-pyrrole nitrogens is 1. The topological polar surface area (TPSA) is 66.1 Å². The van der Waals surface area contributed by atoms with E-state index < -0.39 is 0 Å². The van der Waals surface area contributed by atoms with E-state index in [9.17, 15) is 9.59 Å². The van der Waals surface area contributed by atoms with Crippen molar-refractivity contribution in [3.8, 4) is 0 Å². The van der Waals surface area contributed by atoms with Crippen molar-refractivity contribution in [2.45, 2.75) is 20.3 Å². The van der Waals surface area contributed by atoms with Crippen LogP contribution in [0.1, 0.15) is 33.0 Å². The van der Waals surface area contributed by atoms with Crippen LogP contribution in [-0.4, -0.2) is 33.9 Å². The zero-order chi connectivity index (χ0) is 18.3. The number of benzene rings is 1. The molecule has 1 amide bonds. The van der Waals surface area contributed by atoms with Gasteiger partial charge in [-0.25, -0.2) is 4.98 Å². The highest BCUT2D eigenvalue weighted by molar-refractivity contribution is 7.20. The molecule has 1 aliphatic rings. The zero-order valence-corrected chi connectivity index (χ0v) is 15.5. The molecule has 2 aromatic heterocycles. The normalized spacial score (nSPS) is 14.5. The predicted octanol–water partition coefficient (Wildman–Crippen LogP) is 3.53. The molecule has 0 aliphatic carbocycles. The van der Waals surface area contributed by atoms with Gasteiger partial charge in [0.15, 0.2) is 0 Å². The second kappa shape index (κ2) is 6.53. The van der Waals surface area contributed by atoms with Crippen molar-refractivity contribution < 1.29 is 4.79 Å². The first kappa shape index (κ1) is 16.7. The van der Waals surface area contributed by atoms with Gasteiger partial charge in [0.05, 0.1) is 10.3 Å². The second-order valence-electron chi connectivity index (χ2n) is 6.48. The van der Waals surface area contributed by atoms with E-state index in [1.165, 1.54) is 22.5 Å². The molecule has 0 radical (unpaired) electrons. The van der Waals surface area contributed by atoms with Gasteiger partial charge in [0.2, 0.25) is 0 Å². The monoisotopic (exact) mass is 365 g/mol. The molecule has 3 aromatic rings. The number of nitrogens with zero attached hydrogens (tertiary/aromatic N) is 2. The van der Waals surface area contributed by atoms with Crippen LogP contribution < -0.4 is 5.56 Å². The maximum atomic E-state index is 13.0. The first-order valence-electron chi connectivity index (χ1n) is 8.58. The number of fused-ring (bicyclic) bond motifs is 1. The van der Waals surface area contributed by atoms with Gasteiger partial charge in [-0.2, -0.15) is 0 Å². The van der Waals surface area contributed by atoms with Gasteiger partial charge in [0, 0.05) is 13.1 Å². The smallest absolute Gasteiger partial charge is 0.264 e.